The Balaban J connectivity index is 2.51. The summed E-state index contributed by atoms with van der Waals surface area (Å²) in [5, 5.41) is 5.49. The summed E-state index contributed by atoms with van der Waals surface area (Å²) in [6.45, 7) is 0. The van der Waals surface area contributed by atoms with Crippen molar-refractivity contribution in [3.63, 3.8) is 0 Å². The first kappa shape index (κ1) is 9.83. The fourth-order valence-corrected chi connectivity index (χ4v) is 5.79. The lowest BCUT2D eigenvalue weighted by molar-refractivity contribution is 1.96. The molecule has 0 aliphatic rings. The summed E-state index contributed by atoms with van der Waals surface area (Å²) in [6.07, 6.45) is 0. The van der Waals surface area contributed by atoms with Gasteiger partial charge in [-0.3, -0.25) is 0 Å². The van der Waals surface area contributed by atoms with Gasteiger partial charge in [-0.15, -0.1) is 22.7 Å². The van der Waals surface area contributed by atoms with Crippen LogP contribution in [-0.2, 0) is 0 Å². The minimum absolute atomic E-state index is 1.24. The van der Waals surface area contributed by atoms with Gasteiger partial charge in [0, 0.05) is 30.9 Å². The highest BCUT2D eigenvalue weighted by atomic mass is 79.9. The Morgan fingerprint density at radius 3 is 1.56 bits per heavy atom. The average molecular weight is 372 g/mol. The van der Waals surface area contributed by atoms with Crippen LogP contribution in [0.5, 0.6) is 0 Å². The van der Waals surface area contributed by atoms with Crippen LogP contribution < -0.4 is 0 Å². The molecule has 0 amide bonds. The van der Waals surface area contributed by atoms with Crippen molar-refractivity contribution in [2.45, 2.75) is 0 Å². The minimum atomic E-state index is 1.24. The van der Waals surface area contributed by atoms with Gasteiger partial charge in [-0.25, -0.2) is 0 Å². The summed E-state index contributed by atoms with van der Waals surface area (Å²) in [5.74, 6) is 0. The quantitative estimate of drug-likeness (QED) is 0.343. The van der Waals surface area contributed by atoms with Crippen LogP contribution in [0.3, 0.4) is 0 Å². The van der Waals surface area contributed by atoms with Crippen LogP contribution in [0, 0.1) is 0 Å². The highest BCUT2D eigenvalue weighted by Crippen LogP contribution is 2.47. The molecule has 2 aromatic heterocycles. The predicted molar refractivity (Wildman–Crippen MR) is 81.3 cm³/mol. The molecule has 4 rings (SSSR count). The topological polar surface area (TPSA) is 0 Å². The molecule has 0 fully saturated rings. The summed E-state index contributed by atoms with van der Waals surface area (Å²) in [4.78, 5) is 0. The van der Waals surface area contributed by atoms with E-state index in [1.807, 2.05) is 22.7 Å². The van der Waals surface area contributed by atoms with Gasteiger partial charge in [0.1, 0.15) is 0 Å². The SMILES string of the molecule is Brc1sc2ccc3c(Br)sc4ccc1c2c43. The van der Waals surface area contributed by atoms with Crippen LogP contribution in [0.1, 0.15) is 0 Å². The average Bonchev–Trinajstić information content (AvgIpc) is 2.75. The first-order valence-corrected chi connectivity index (χ1v) is 7.98. The molecule has 0 bridgehead atoms. The van der Waals surface area contributed by atoms with Gasteiger partial charge in [-0.1, -0.05) is 12.1 Å². The first-order valence-electron chi connectivity index (χ1n) is 4.77. The van der Waals surface area contributed by atoms with Crippen LogP contribution in [0.25, 0.3) is 30.9 Å². The number of benzene rings is 2. The monoisotopic (exact) mass is 370 g/mol. The van der Waals surface area contributed by atoms with Crippen LogP contribution in [0.4, 0.5) is 0 Å². The number of thiophene rings is 2. The van der Waals surface area contributed by atoms with Crippen molar-refractivity contribution in [3.05, 3.63) is 31.8 Å². The van der Waals surface area contributed by atoms with Crippen molar-refractivity contribution < 1.29 is 0 Å². The van der Waals surface area contributed by atoms with E-state index in [1.54, 1.807) is 0 Å². The molecular formula is C12H4Br2S2. The Labute approximate surface area is 116 Å². The van der Waals surface area contributed by atoms with Crippen molar-refractivity contribution in [1.29, 1.82) is 0 Å². The molecule has 2 heterocycles. The van der Waals surface area contributed by atoms with E-state index in [4.69, 9.17) is 0 Å². The highest BCUT2D eigenvalue weighted by Gasteiger charge is 2.15. The fraction of sp³-hybridized carbons (Fsp3) is 0. The smallest absolute Gasteiger partial charge is 0.0783 e. The lowest BCUT2D eigenvalue weighted by atomic mass is 10.1. The lowest BCUT2D eigenvalue weighted by Gasteiger charge is -1.98. The molecule has 0 atom stereocenters. The number of rotatable bonds is 0. The largest absolute Gasteiger partial charge is 0.128 e. The molecule has 2 aromatic carbocycles. The molecule has 16 heavy (non-hydrogen) atoms. The maximum Gasteiger partial charge on any atom is 0.0783 e. The molecule has 0 unspecified atom stereocenters. The second-order valence-corrected chi connectivity index (χ2v) is 8.46. The number of hydrogen-bond acceptors (Lipinski definition) is 2. The molecule has 0 saturated heterocycles. The maximum atomic E-state index is 3.65. The zero-order chi connectivity index (χ0) is 10.9. The number of halogens is 2. The van der Waals surface area contributed by atoms with Gasteiger partial charge in [0.05, 0.1) is 7.57 Å². The van der Waals surface area contributed by atoms with Crippen molar-refractivity contribution in [3.8, 4) is 0 Å². The van der Waals surface area contributed by atoms with E-state index in [-0.39, 0.29) is 0 Å². The second-order valence-electron chi connectivity index (χ2n) is 3.72. The van der Waals surface area contributed by atoms with E-state index in [0.29, 0.717) is 0 Å². The Morgan fingerprint density at radius 2 is 1.12 bits per heavy atom. The molecule has 0 saturated carbocycles. The van der Waals surface area contributed by atoms with Crippen LogP contribution in [0.2, 0.25) is 0 Å². The van der Waals surface area contributed by atoms with E-state index in [9.17, 15) is 0 Å². The van der Waals surface area contributed by atoms with E-state index in [0.717, 1.165) is 0 Å². The van der Waals surface area contributed by atoms with Crippen molar-refractivity contribution in [2.75, 3.05) is 0 Å². The molecule has 4 heteroatoms. The zero-order valence-electron chi connectivity index (χ0n) is 7.88. The normalized spacial score (nSPS) is 12.4. The summed E-state index contributed by atoms with van der Waals surface area (Å²) < 4.78 is 5.20. The highest BCUT2D eigenvalue weighted by molar-refractivity contribution is 9.11. The Kier molecular flexibility index (Phi) is 1.96. The van der Waals surface area contributed by atoms with Crippen molar-refractivity contribution in [2.24, 2.45) is 0 Å². The molecule has 0 aliphatic heterocycles. The van der Waals surface area contributed by atoms with E-state index in [1.165, 1.54) is 38.5 Å². The van der Waals surface area contributed by atoms with Crippen LogP contribution in [-0.4, -0.2) is 0 Å². The summed E-state index contributed by atoms with van der Waals surface area (Å²) in [6, 6.07) is 8.87. The summed E-state index contributed by atoms with van der Waals surface area (Å²) in [7, 11) is 0. The van der Waals surface area contributed by atoms with Gasteiger partial charge in [0.25, 0.3) is 0 Å². The van der Waals surface area contributed by atoms with Crippen LogP contribution in [0.15, 0.2) is 31.8 Å². The van der Waals surface area contributed by atoms with E-state index < -0.39 is 0 Å². The van der Waals surface area contributed by atoms with Gasteiger partial charge in [-0.05, 0) is 44.0 Å². The van der Waals surface area contributed by atoms with Crippen molar-refractivity contribution >= 4 is 85.5 Å². The summed E-state index contributed by atoms with van der Waals surface area (Å²) in [5.41, 5.74) is 0. The Hall–Kier alpha value is -0.160. The van der Waals surface area contributed by atoms with Gasteiger partial charge < -0.3 is 0 Å². The Morgan fingerprint density at radius 1 is 0.688 bits per heavy atom. The standard InChI is InChI=1S/C12H4Br2S2/c13-11-5-1-3-7-10-6(12(14)15-7)2-4-8(16-11)9(5)10/h1-4H. The van der Waals surface area contributed by atoms with E-state index >= 15 is 0 Å². The molecule has 0 nitrogen and oxygen atoms in total. The summed E-state index contributed by atoms with van der Waals surface area (Å²) >= 11 is 10.9. The molecule has 0 radical (unpaired) electrons. The van der Waals surface area contributed by atoms with Gasteiger partial charge >= 0.3 is 0 Å². The third-order valence-electron chi connectivity index (χ3n) is 2.91. The molecule has 78 valence electrons. The van der Waals surface area contributed by atoms with Crippen molar-refractivity contribution in [1.82, 2.24) is 0 Å². The predicted octanol–water partition coefficient (Wildman–Crippen LogP) is 6.23. The molecule has 0 spiro atoms. The zero-order valence-corrected chi connectivity index (χ0v) is 12.7. The molecule has 0 N–H and O–H groups in total. The van der Waals surface area contributed by atoms with Gasteiger partial charge in [0.15, 0.2) is 0 Å². The van der Waals surface area contributed by atoms with Gasteiger partial charge in [0.2, 0.25) is 0 Å². The third kappa shape index (κ3) is 1.09. The fourth-order valence-electron chi connectivity index (χ4n) is 2.23. The number of hydrogen-bond donors (Lipinski definition) is 0. The Bertz CT molecular complexity index is 755. The molecular weight excluding hydrogens is 368 g/mol. The van der Waals surface area contributed by atoms with Crippen LogP contribution >= 0.6 is 54.5 Å². The van der Waals surface area contributed by atoms with E-state index in [2.05, 4.69) is 56.1 Å². The maximum absolute atomic E-state index is 3.65. The molecule has 4 aromatic rings. The third-order valence-corrected chi connectivity index (χ3v) is 6.65. The first-order chi connectivity index (χ1) is 7.75. The second kappa shape index (κ2) is 3.19. The molecule has 0 aliphatic carbocycles. The lowest BCUT2D eigenvalue weighted by Crippen LogP contribution is -1.71. The van der Waals surface area contributed by atoms with Gasteiger partial charge in [-0.2, -0.15) is 0 Å². The minimum Gasteiger partial charge on any atom is -0.128 e.